The molecule has 3 aromatic rings. The average Bonchev–Trinajstić information content (AvgIpc) is 3.86. The number of anilines is 1. The zero-order valence-electron chi connectivity index (χ0n) is 26.8. The molecule has 1 aliphatic carbocycles. The van der Waals surface area contributed by atoms with E-state index in [-0.39, 0.29) is 53.1 Å². The van der Waals surface area contributed by atoms with Gasteiger partial charge in [-0.15, -0.1) is 8.42 Å². The van der Waals surface area contributed by atoms with E-state index >= 15 is 0 Å². The highest BCUT2D eigenvalue weighted by Crippen LogP contribution is 2.45. The van der Waals surface area contributed by atoms with Crippen LogP contribution < -0.4 is 10.5 Å². The lowest BCUT2D eigenvalue weighted by molar-refractivity contribution is -0.269. The molecule has 1 aromatic heterocycles. The Morgan fingerprint density at radius 1 is 1.00 bits per heavy atom. The van der Waals surface area contributed by atoms with Crippen molar-refractivity contribution in [1.82, 2.24) is 0 Å². The molecule has 2 heterocycles. The van der Waals surface area contributed by atoms with E-state index < -0.39 is 42.3 Å². The number of carboxylic acids is 1. The quantitative estimate of drug-likeness (QED) is 0.0806. The zero-order chi connectivity index (χ0) is 35.4. The number of carboxylic acid groups (broad SMARTS) is 1. The topological polar surface area (TPSA) is 203 Å². The van der Waals surface area contributed by atoms with Gasteiger partial charge in [0.25, 0.3) is 10.1 Å². The summed E-state index contributed by atoms with van der Waals surface area (Å²) in [6.07, 6.45) is 9.52. The molecule has 4 N–H and O–H groups in total. The van der Waals surface area contributed by atoms with Crippen LogP contribution in [0.5, 0.6) is 5.75 Å². The fourth-order valence-electron chi connectivity index (χ4n) is 5.56. The van der Waals surface area contributed by atoms with Crippen LogP contribution in [0.1, 0.15) is 70.4 Å². The number of nitrogens with zero attached hydrogens (tertiary/aromatic N) is 2. The van der Waals surface area contributed by atoms with Crippen LogP contribution >= 0.6 is 0 Å². The van der Waals surface area contributed by atoms with E-state index in [0.717, 1.165) is 37.0 Å². The first kappa shape index (κ1) is 36.5. The maximum absolute atomic E-state index is 12.8. The first-order chi connectivity index (χ1) is 22.5. The van der Waals surface area contributed by atoms with Gasteiger partial charge in [0.2, 0.25) is 11.4 Å². The van der Waals surface area contributed by atoms with E-state index in [0.29, 0.717) is 9.37 Å². The van der Waals surface area contributed by atoms with Crippen molar-refractivity contribution in [2.75, 3.05) is 18.0 Å². The molecule has 0 spiro atoms. The highest BCUT2D eigenvalue weighted by Gasteiger charge is 2.52. The molecule has 0 bridgehead atoms. The minimum Gasteiger partial charge on any atom is -0.506 e. The van der Waals surface area contributed by atoms with Crippen molar-refractivity contribution >= 4 is 60.5 Å². The highest BCUT2D eigenvalue weighted by molar-refractivity contribution is 7.85. The van der Waals surface area contributed by atoms with Gasteiger partial charge in [0.1, 0.15) is 16.9 Å². The van der Waals surface area contributed by atoms with Crippen LogP contribution in [0.2, 0.25) is 0 Å². The maximum Gasteiger partial charge on any atom is 0.512 e. The smallest absolute Gasteiger partial charge is 0.506 e. The van der Waals surface area contributed by atoms with Crippen LogP contribution in [-0.2, 0) is 30.6 Å². The lowest BCUT2D eigenvalue weighted by atomic mass is 9.75. The minimum atomic E-state index is -4.98. The van der Waals surface area contributed by atoms with E-state index in [2.05, 4.69) is 0 Å². The van der Waals surface area contributed by atoms with Gasteiger partial charge in [0.05, 0.1) is 15.7 Å². The van der Waals surface area contributed by atoms with Crippen LogP contribution in [0.25, 0.3) is 17.0 Å². The molecule has 1 atom stereocenters. The number of aliphatic carboxylic acids is 1. The van der Waals surface area contributed by atoms with Crippen LogP contribution in [0.3, 0.4) is 0 Å². The number of aromatic hydroxyl groups is 1. The molecule has 48 heavy (non-hydrogen) atoms. The molecule has 15 heteroatoms. The Kier molecular flexibility index (Phi) is 11.0. The van der Waals surface area contributed by atoms with Gasteiger partial charge in [0.15, 0.2) is 0 Å². The first-order valence-electron chi connectivity index (χ1n) is 15.4. The SMILES string of the molecule is C1CC1.CCN(CC)c1ccc2c(O)c(C=CC=CC3=[N+](S(=O)(=O)O)c4ccc(S(=O)(=O)O)cc4C3(C)CCCC(=O)O)c(=O)oc2c1. The van der Waals surface area contributed by atoms with Crippen LogP contribution in [0.15, 0.2) is 68.7 Å². The van der Waals surface area contributed by atoms with Crippen molar-refractivity contribution in [2.45, 2.75) is 69.6 Å². The number of benzene rings is 2. The third kappa shape index (κ3) is 8.03. The summed E-state index contributed by atoms with van der Waals surface area (Å²) in [7, 11) is -9.67. The molecule has 1 fully saturated rings. The van der Waals surface area contributed by atoms with Crippen LogP contribution in [-0.4, -0.2) is 64.9 Å². The molecule has 2 aliphatic rings. The summed E-state index contributed by atoms with van der Waals surface area (Å²) >= 11 is 0. The van der Waals surface area contributed by atoms with Crippen LogP contribution in [0.4, 0.5) is 11.4 Å². The fraction of sp³-hybridized carbons (Fsp3) is 0.364. The number of fused-ring (bicyclic) bond motifs is 2. The third-order valence-electron chi connectivity index (χ3n) is 8.17. The van der Waals surface area contributed by atoms with Gasteiger partial charge in [0, 0.05) is 49.0 Å². The molecule has 5 rings (SSSR count). The van der Waals surface area contributed by atoms with E-state index in [9.17, 15) is 45.7 Å². The Morgan fingerprint density at radius 2 is 1.65 bits per heavy atom. The van der Waals surface area contributed by atoms with Gasteiger partial charge in [-0.3, -0.25) is 9.35 Å². The molecule has 1 saturated carbocycles. The Labute approximate surface area is 278 Å². The monoisotopic (exact) mass is 703 g/mol. The lowest BCUT2D eigenvalue weighted by Crippen LogP contribution is -2.33. The Bertz CT molecular complexity index is 2090. The Morgan fingerprint density at radius 3 is 2.21 bits per heavy atom. The molecule has 0 saturated heterocycles. The summed E-state index contributed by atoms with van der Waals surface area (Å²) in [6.45, 7) is 6.97. The Hall–Kier alpha value is -4.31. The summed E-state index contributed by atoms with van der Waals surface area (Å²) in [6, 6.07) is 8.25. The van der Waals surface area contributed by atoms with Gasteiger partial charge < -0.3 is 19.5 Å². The minimum absolute atomic E-state index is 0.0150. The summed E-state index contributed by atoms with van der Waals surface area (Å²) in [5.74, 6) is -1.43. The number of hydrogen-bond acceptors (Lipinski definition) is 9. The van der Waals surface area contributed by atoms with Crippen molar-refractivity contribution in [3.63, 3.8) is 0 Å². The van der Waals surface area contributed by atoms with Gasteiger partial charge in [-0.05, 0) is 64.0 Å². The number of carbonyl (C=O) groups is 1. The first-order valence-corrected chi connectivity index (χ1v) is 18.2. The zero-order valence-corrected chi connectivity index (χ0v) is 28.4. The van der Waals surface area contributed by atoms with E-state index in [1.807, 2.05) is 18.7 Å². The summed E-state index contributed by atoms with van der Waals surface area (Å²) in [5.41, 5.74) is -1.37. The molecule has 2 aromatic carbocycles. The van der Waals surface area contributed by atoms with Crippen molar-refractivity contribution < 1.29 is 49.3 Å². The summed E-state index contributed by atoms with van der Waals surface area (Å²) < 4.78 is 74.8. The molecule has 1 aliphatic heterocycles. The van der Waals surface area contributed by atoms with Gasteiger partial charge in [-0.1, -0.05) is 35.4 Å². The second-order valence-electron chi connectivity index (χ2n) is 11.6. The number of hydrogen-bond donors (Lipinski definition) is 4. The predicted molar refractivity (Wildman–Crippen MR) is 181 cm³/mol. The van der Waals surface area contributed by atoms with E-state index in [1.54, 1.807) is 25.1 Å². The standard InChI is InChI=1S/C30H32N2O11S2.C3H6/c1-4-31(5-2)19-12-14-21-25(17-19)43-29(36)22(28(21)35)9-6-7-10-26-30(3,16-8-11-27(33)34)23-18-20(44(37,38)39)13-15-24(23)32(26)45(40,41)42;1-2-3-1/h6-7,9-10,12-15,17-18H,4-5,8,11,16H2,1-3H3,(H3,33,34,37,38,39,40,41,42);1-3H2/p+1. The molecule has 1 unspecified atom stereocenters. The van der Waals surface area contributed by atoms with E-state index in [4.69, 9.17) is 4.42 Å². The fourth-order valence-corrected chi connectivity index (χ4v) is 6.99. The van der Waals surface area contributed by atoms with Gasteiger partial charge >= 0.3 is 21.9 Å². The highest BCUT2D eigenvalue weighted by atomic mass is 32.2. The lowest BCUT2D eigenvalue weighted by Gasteiger charge is -2.22. The normalized spacial score (nSPS) is 17.5. The van der Waals surface area contributed by atoms with Gasteiger partial charge in [-0.25, -0.2) is 9.35 Å². The maximum atomic E-state index is 12.8. The van der Waals surface area contributed by atoms with Crippen molar-refractivity contribution in [3.8, 4) is 5.75 Å². The summed E-state index contributed by atoms with van der Waals surface area (Å²) in [5, 5.41) is 20.3. The van der Waals surface area contributed by atoms with Crippen molar-refractivity contribution in [3.05, 3.63) is 76.2 Å². The number of rotatable bonds is 12. The average molecular weight is 704 g/mol. The molecule has 258 valence electrons. The van der Waals surface area contributed by atoms with Crippen molar-refractivity contribution in [1.29, 1.82) is 0 Å². The van der Waals surface area contributed by atoms with Crippen LogP contribution in [0, 0.1) is 0 Å². The predicted octanol–water partition coefficient (Wildman–Crippen LogP) is 5.45. The molecular formula is C33H39N2O11S2+. The third-order valence-corrected chi connectivity index (χ3v) is 9.87. The largest absolute Gasteiger partial charge is 0.512 e. The second-order valence-corrected chi connectivity index (χ2v) is 14.3. The number of allylic oxidation sites excluding steroid dienone is 3. The molecule has 0 radical (unpaired) electrons. The summed E-state index contributed by atoms with van der Waals surface area (Å²) in [4.78, 5) is 25.5. The molecule has 13 nitrogen and oxygen atoms in total. The second kappa shape index (κ2) is 14.4. The Balaban J connectivity index is 0.00000164. The van der Waals surface area contributed by atoms with Gasteiger partial charge in [-0.2, -0.15) is 8.42 Å². The molecule has 0 amide bonds. The van der Waals surface area contributed by atoms with Crippen molar-refractivity contribution in [2.24, 2.45) is 0 Å². The molecular weight excluding hydrogens is 665 g/mol. The van der Waals surface area contributed by atoms with E-state index in [1.165, 1.54) is 43.6 Å².